The zero-order valence-electron chi connectivity index (χ0n) is 9.76. The van der Waals surface area contributed by atoms with Crippen LogP contribution >= 0.6 is 15.9 Å². The maximum absolute atomic E-state index is 11.7. The Morgan fingerprint density at radius 2 is 1.94 bits per heavy atom. The van der Waals surface area contributed by atoms with Gasteiger partial charge < -0.3 is 9.88 Å². The minimum atomic E-state index is -0.231. The second kappa shape index (κ2) is 5.22. The summed E-state index contributed by atoms with van der Waals surface area (Å²) < 4.78 is 3.72. The molecule has 1 aromatic heterocycles. The number of imidazole rings is 1. The minimum absolute atomic E-state index is 0.00966. The summed E-state index contributed by atoms with van der Waals surface area (Å²) in [6.07, 6.45) is 3.21. The van der Waals surface area contributed by atoms with Gasteiger partial charge in [-0.1, -0.05) is 15.9 Å². The van der Waals surface area contributed by atoms with Crippen molar-refractivity contribution in [2.75, 3.05) is 5.32 Å². The summed E-state index contributed by atoms with van der Waals surface area (Å²) in [5.41, 5.74) is 0.494. The van der Waals surface area contributed by atoms with E-state index in [1.165, 1.54) is 9.13 Å². The van der Waals surface area contributed by atoms with E-state index in [9.17, 15) is 9.59 Å². The van der Waals surface area contributed by atoms with Gasteiger partial charge in [0.05, 0.1) is 0 Å². The Morgan fingerprint density at radius 3 is 2.50 bits per heavy atom. The fraction of sp³-hybridized carbons (Fsp3) is 0.167. The van der Waals surface area contributed by atoms with Gasteiger partial charge in [-0.05, 0) is 24.3 Å². The summed E-state index contributed by atoms with van der Waals surface area (Å²) in [6, 6.07) is 7.25. The second-order valence-electron chi connectivity index (χ2n) is 3.87. The van der Waals surface area contributed by atoms with Crippen LogP contribution in [0.25, 0.3) is 0 Å². The Labute approximate surface area is 112 Å². The molecule has 5 nitrogen and oxygen atoms in total. The number of carbonyl (C=O) groups excluding carboxylic acids is 1. The number of nitrogens with zero attached hydrogens (tertiary/aromatic N) is 2. The number of halogens is 1. The molecule has 2 aromatic rings. The van der Waals surface area contributed by atoms with Crippen molar-refractivity contribution in [3.63, 3.8) is 0 Å². The number of rotatable bonds is 3. The maximum Gasteiger partial charge on any atom is 0.328 e. The van der Waals surface area contributed by atoms with Gasteiger partial charge in [0.2, 0.25) is 5.91 Å². The molecule has 0 bridgehead atoms. The van der Waals surface area contributed by atoms with Crippen LogP contribution in [0.3, 0.4) is 0 Å². The Bertz CT molecular complexity index is 613. The van der Waals surface area contributed by atoms with Crippen molar-refractivity contribution < 1.29 is 4.79 Å². The molecule has 0 aliphatic carbocycles. The summed E-state index contributed by atoms with van der Waals surface area (Å²) in [5, 5.41) is 2.73. The number of hydrogen-bond acceptors (Lipinski definition) is 2. The third-order valence-corrected chi connectivity index (χ3v) is 2.99. The molecule has 1 amide bonds. The first-order valence-electron chi connectivity index (χ1n) is 5.33. The van der Waals surface area contributed by atoms with E-state index < -0.39 is 0 Å². The fourth-order valence-corrected chi connectivity index (χ4v) is 1.78. The van der Waals surface area contributed by atoms with Crippen molar-refractivity contribution in [1.29, 1.82) is 0 Å². The average molecular weight is 310 g/mol. The first kappa shape index (κ1) is 12.6. The average Bonchev–Trinajstić information content (AvgIpc) is 2.64. The van der Waals surface area contributed by atoms with Gasteiger partial charge in [0.15, 0.2) is 0 Å². The number of benzene rings is 1. The molecule has 0 saturated heterocycles. The Morgan fingerprint density at radius 1 is 1.28 bits per heavy atom. The molecule has 0 atom stereocenters. The molecular weight excluding hydrogens is 298 g/mol. The van der Waals surface area contributed by atoms with Crippen molar-refractivity contribution in [3.8, 4) is 0 Å². The Kier molecular flexibility index (Phi) is 3.66. The summed E-state index contributed by atoms with van der Waals surface area (Å²) in [6.45, 7) is 0.00966. The van der Waals surface area contributed by atoms with Crippen LogP contribution in [0.5, 0.6) is 0 Å². The molecule has 0 radical (unpaired) electrons. The van der Waals surface area contributed by atoms with E-state index in [2.05, 4.69) is 21.2 Å². The lowest BCUT2D eigenvalue weighted by atomic mass is 10.3. The van der Waals surface area contributed by atoms with E-state index in [-0.39, 0.29) is 18.1 Å². The van der Waals surface area contributed by atoms with E-state index in [0.29, 0.717) is 5.69 Å². The minimum Gasteiger partial charge on any atom is -0.325 e. The second-order valence-corrected chi connectivity index (χ2v) is 4.79. The highest BCUT2D eigenvalue weighted by atomic mass is 79.9. The molecule has 0 fully saturated rings. The molecule has 0 unspecified atom stereocenters. The highest BCUT2D eigenvalue weighted by Gasteiger charge is 2.06. The van der Waals surface area contributed by atoms with E-state index in [4.69, 9.17) is 0 Å². The number of nitrogens with one attached hydrogen (secondary N) is 1. The van der Waals surface area contributed by atoms with Crippen LogP contribution in [-0.4, -0.2) is 15.0 Å². The third kappa shape index (κ3) is 2.89. The Hall–Kier alpha value is -1.82. The molecule has 1 N–H and O–H groups in total. The zero-order chi connectivity index (χ0) is 13.1. The number of aryl methyl sites for hydroxylation is 1. The predicted molar refractivity (Wildman–Crippen MR) is 72.4 cm³/mol. The van der Waals surface area contributed by atoms with Crippen LogP contribution in [0.15, 0.2) is 45.9 Å². The van der Waals surface area contributed by atoms with Gasteiger partial charge in [0.1, 0.15) is 6.54 Å². The molecular formula is C12H12BrN3O2. The lowest BCUT2D eigenvalue weighted by Crippen LogP contribution is -2.28. The zero-order valence-corrected chi connectivity index (χ0v) is 11.3. The quantitative estimate of drug-likeness (QED) is 0.936. The molecule has 6 heteroatoms. The van der Waals surface area contributed by atoms with Gasteiger partial charge in [-0.3, -0.25) is 9.36 Å². The molecule has 94 valence electrons. The molecule has 1 aromatic carbocycles. The van der Waals surface area contributed by atoms with Crippen molar-refractivity contribution in [2.45, 2.75) is 6.54 Å². The normalized spacial score (nSPS) is 10.3. The fourth-order valence-electron chi connectivity index (χ4n) is 1.52. The van der Waals surface area contributed by atoms with Crippen molar-refractivity contribution in [1.82, 2.24) is 9.13 Å². The molecule has 18 heavy (non-hydrogen) atoms. The smallest absolute Gasteiger partial charge is 0.325 e. The topological polar surface area (TPSA) is 56.0 Å². The summed E-state index contributed by atoms with van der Waals surface area (Å²) >= 11 is 3.32. The van der Waals surface area contributed by atoms with Gasteiger partial charge in [0.25, 0.3) is 0 Å². The van der Waals surface area contributed by atoms with E-state index in [1.54, 1.807) is 31.6 Å². The predicted octanol–water partition coefficient (Wildman–Crippen LogP) is 1.59. The molecule has 0 aliphatic heterocycles. The van der Waals surface area contributed by atoms with Crippen LogP contribution < -0.4 is 11.0 Å². The number of aromatic nitrogens is 2. The van der Waals surface area contributed by atoms with Crippen LogP contribution in [0, 0.1) is 0 Å². The van der Waals surface area contributed by atoms with Gasteiger partial charge in [0, 0.05) is 29.6 Å². The number of anilines is 1. The number of hydrogen-bond donors (Lipinski definition) is 1. The standard InChI is InChI=1S/C12H12BrN3O2/c1-15-6-7-16(12(15)18)8-11(17)14-10-4-2-9(13)3-5-10/h2-7H,8H2,1H3,(H,14,17). The SMILES string of the molecule is Cn1ccn(CC(=O)Nc2ccc(Br)cc2)c1=O. The van der Waals surface area contributed by atoms with Gasteiger partial charge in [-0.2, -0.15) is 0 Å². The van der Waals surface area contributed by atoms with E-state index in [0.717, 1.165) is 4.47 Å². The van der Waals surface area contributed by atoms with Crippen LogP contribution in [0.1, 0.15) is 0 Å². The highest BCUT2D eigenvalue weighted by molar-refractivity contribution is 9.10. The first-order valence-corrected chi connectivity index (χ1v) is 6.13. The third-order valence-electron chi connectivity index (χ3n) is 2.46. The monoisotopic (exact) mass is 309 g/mol. The van der Waals surface area contributed by atoms with Crippen LogP contribution in [-0.2, 0) is 18.4 Å². The number of amides is 1. The lowest BCUT2D eigenvalue weighted by Gasteiger charge is -2.05. The van der Waals surface area contributed by atoms with Gasteiger partial charge >= 0.3 is 5.69 Å². The Balaban J connectivity index is 2.03. The van der Waals surface area contributed by atoms with Gasteiger partial charge in [-0.15, -0.1) is 0 Å². The van der Waals surface area contributed by atoms with Crippen LogP contribution in [0.4, 0.5) is 5.69 Å². The summed E-state index contributed by atoms with van der Waals surface area (Å²) in [4.78, 5) is 23.3. The van der Waals surface area contributed by atoms with Crippen molar-refractivity contribution in [2.24, 2.45) is 7.05 Å². The summed E-state index contributed by atoms with van der Waals surface area (Å²) in [5.74, 6) is -0.231. The highest BCUT2D eigenvalue weighted by Crippen LogP contribution is 2.13. The first-order chi connectivity index (χ1) is 8.56. The van der Waals surface area contributed by atoms with Crippen molar-refractivity contribution >= 4 is 27.5 Å². The molecule has 0 spiro atoms. The van der Waals surface area contributed by atoms with Crippen LogP contribution in [0.2, 0.25) is 0 Å². The van der Waals surface area contributed by atoms with Crippen molar-refractivity contribution in [3.05, 3.63) is 51.6 Å². The van der Waals surface area contributed by atoms with E-state index in [1.807, 2.05) is 12.1 Å². The maximum atomic E-state index is 11.7. The molecule has 1 heterocycles. The molecule has 0 aliphatic rings. The van der Waals surface area contributed by atoms with Gasteiger partial charge in [-0.25, -0.2) is 4.79 Å². The molecule has 2 rings (SSSR count). The summed E-state index contributed by atoms with van der Waals surface area (Å²) in [7, 11) is 1.64. The lowest BCUT2D eigenvalue weighted by molar-refractivity contribution is -0.116. The largest absolute Gasteiger partial charge is 0.328 e. The molecule has 0 saturated carbocycles. The number of carbonyl (C=O) groups is 1. The van der Waals surface area contributed by atoms with E-state index >= 15 is 0 Å².